The fraction of sp³-hybridized carbons (Fsp3) is 0.455. The van der Waals surface area contributed by atoms with Gasteiger partial charge in [0.25, 0.3) is 0 Å². The summed E-state index contributed by atoms with van der Waals surface area (Å²) >= 11 is 3.21. The van der Waals surface area contributed by atoms with E-state index in [0.717, 1.165) is 5.56 Å². The van der Waals surface area contributed by atoms with E-state index in [9.17, 15) is 4.39 Å². The smallest absolute Gasteiger partial charge is 0.142 e. The second-order valence-corrected chi connectivity index (χ2v) is 4.60. The lowest BCUT2D eigenvalue weighted by Crippen LogP contribution is -2.19. The van der Waals surface area contributed by atoms with Crippen LogP contribution in [0.5, 0.6) is 0 Å². The summed E-state index contributed by atoms with van der Waals surface area (Å²) in [6.45, 7) is 0. The third kappa shape index (κ3) is 1.84. The minimum absolute atomic E-state index is 0.126. The molecule has 0 aromatic heterocycles. The summed E-state index contributed by atoms with van der Waals surface area (Å²) in [6.07, 6.45) is 2.41. The van der Waals surface area contributed by atoms with Crippen LogP contribution in [0.4, 0.5) is 4.39 Å². The van der Waals surface area contributed by atoms with E-state index in [1.165, 1.54) is 12.8 Å². The van der Waals surface area contributed by atoms with Crippen molar-refractivity contribution in [2.75, 3.05) is 7.05 Å². The van der Waals surface area contributed by atoms with Crippen LogP contribution in [-0.4, -0.2) is 7.05 Å². The number of rotatable bonds is 3. The largest absolute Gasteiger partial charge is 0.313 e. The molecule has 0 saturated heterocycles. The molecule has 1 N–H and O–H groups in total. The maximum Gasteiger partial charge on any atom is 0.142 e. The van der Waals surface area contributed by atoms with Gasteiger partial charge in [-0.1, -0.05) is 12.1 Å². The highest BCUT2D eigenvalue weighted by molar-refractivity contribution is 9.10. The molecule has 0 spiro atoms. The van der Waals surface area contributed by atoms with Gasteiger partial charge in [0.05, 0.1) is 4.47 Å². The lowest BCUT2D eigenvalue weighted by atomic mass is 10.0. The number of benzene rings is 1. The van der Waals surface area contributed by atoms with E-state index < -0.39 is 0 Å². The summed E-state index contributed by atoms with van der Waals surface area (Å²) in [5, 5.41) is 3.19. The number of hydrogen-bond donors (Lipinski definition) is 1. The van der Waals surface area contributed by atoms with Gasteiger partial charge in [-0.15, -0.1) is 0 Å². The molecule has 14 heavy (non-hydrogen) atoms. The average Bonchev–Trinajstić information content (AvgIpc) is 2.97. The Bertz CT molecular complexity index is 336. The Kier molecular flexibility index (Phi) is 2.88. The molecule has 1 saturated carbocycles. The predicted octanol–water partition coefficient (Wildman–Crippen LogP) is 3.26. The van der Waals surface area contributed by atoms with Gasteiger partial charge in [-0.25, -0.2) is 4.39 Å². The Hall–Kier alpha value is -0.410. The maximum atomic E-state index is 13.7. The van der Waals surface area contributed by atoms with E-state index >= 15 is 0 Å². The molecule has 76 valence electrons. The molecule has 0 aliphatic heterocycles. The molecule has 1 aromatic rings. The molecular weight excluding hydrogens is 245 g/mol. The quantitative estimate of drug-likeness (QED) is 0.877. The van der Waals surface area contributed by atoms with Crippen LogP contribution in [0, 0.1) is 11.7 Å². The highest BCUT2D eigenvalue weighted by Gasteiger charge is 2.32. The molecule has 0 bridgehead atoms. The summed E-state index contributed by atoms with van der Waals surface area (Å²) < 4.78 is 14.3. The van der Waals surface area contributed by atoms with Gasteiger partial charge >= 0.3 is 0 Å². The fourth-order valence-electron chi connectivity index (χ4n) is 1.84. The topological polar surface area (TPSA) is 12.0 Å². The monoisotopic (exact) mass is 257 g/mol. The van der Waals surface area contributed by atoms with Crippen molar-refractivity contribution in [3.63, 3.8) is 0 Å². The molecule has 1 aliphatic carbocycles. The zero-order chi connectivity index (χ0) is 10.1. The van der Waals surface area contributed by atoms with Gasteiger partial charge in [0.2, 0.25) is 0 Å². The second-order valence-electron chi connectivity index (χ2n) is 3.75. The summed E-state index contributed by atoms with van der Waals surface area (Å²) in [7, 11) is 1.89. The van der Waals surface area contributed by atoms with Crippen LogP contribution in [0.25, 0.3) is 0 Å². The first-order chi connectivity index (χ1) is 6.74. The highest BCUT2D eigenvalue weighted by Crippen LogP contribution is 2.42. The van der Waals surface area contributed by atoms with Gasteiger partial charge in [0, 0.05) is 11.6 Å². The first-order valence-corrected chi connectivity index (χ1v) is 5.64. The van der Waals surface area contributed by atoms with Crippen LogP contribution in [-0.2, 0) is 0 Å². The van der Waals surface area contributed by atoms with E-state index in [1.807, 2.05) is 19.2 Å². The number of nitrogens with one attached hydrogen (secondary N) is 1. The van der Waals surface area contributed by atoms with Crippen molar-refractivity contribution in [3.8, 4) is 0 Å². The predicted molar refractivity (Wildman–Crippen MR) is 58.6 cm³/mol. The molecule has 1 aromatic carbocycles. The van der Waals surface area contributed by atoms with Crippen molar-refractivity contribution in [1.29, 1.82) is 0 Å². The Labute approximate surface area is 91.8 Å². The lowest BCUT2D eigenvalue weighted by molar-refractivity contribution is 0.490. The van der Waals surface area contributed by atoms with E-state index in [-0.39, 0.29) is 11.9 Å². The van der Waals surface area contributed by atoms with E-state index in [4.69, 9.17) is 0 Å². The van der Waals surface area contributed by atoms with E-state index in [0.29, 0.717) is 10.4 Å². The molecule has 1 fully saturated rings. The van der Waals surface area contributed by atoms with E-state index in [1.54, 1.807) is 6.07 Å². The zero-order valence-corrected chi connectivity index (χ0v) is 9.64. The highest BCUT2D eigenvalue weighted by atomic mass is 79.9. The summed E-state index contributed by atoms with van der Waals surface area (Å²) in [5.74, 6) is 0.488. The summed E-state index contributed by atoms with van der Waals surface area (Å²) in [5.41, 5.74) is 0.782. The molecule has 0 heterocycles. The normalized spacial score (nSPS) is 18.2. The molecule has 1 aliphatic rings. The van der Waals surface area contributed by atoms with Crippen LogP contribution in [0.2, 0.25) is 0 Å². The van der Waals surface area contributed by atoms with Crippen LogP contribution in [0.3, 0.4) is 0 Å². The SMILES string of the molecule is CNC(c1cccc(Br)c1F)C1CC1. The van der Waals surface area contributed by atoms with Gasteiger partial charge in [-0.05, 0) is 47.8 Å². The van der Waals surface area contributed by atoms with Crippen molar-refractivity contribution < 1.29 is 4.39 Å². The molecule has 1 atom stereocenters. The molecule has 0 radical (unpaired) electrons. The number of halogens is 2. The first-order valence-electron chi connectivity index (χ1n) is 4.85. The van der Waals surface area contributed by atoms with Crippen LogP contribution < -0.4 is 5.32 Å². The minimum Gasteiger partial charge on any atom is -0.313 e. The standard InChI is InChI=1S/C11H13BrFN/c1-14-11(7-5-6-7)8-3-2-4-9(12)10(8)13/h2-4,7,11,14H,5-6H2,1H3. The van der Waals surface area contributed by atoms with Crippen molar-refractivity contribution in [1.82, 2.24) is 5.32 Å². The Morgan fingerprint density at radius 1 is 1.50 bits per heavy atom. The van der Waals surface area contributed by atoms with Crippen molar-refractivity contribution in [3.05, 3.63) is 34.1 Å². The average molecular weight is 258 g/mol. The summed E-state index contributed by atoms with van der Waals surface area (Å²) in [4.78, 5) is 0. The van der Waals surface area contributed by atoms with Crippen LogP contribution in [0.1, 0.15) is 24.4 Å². The van der Waals surface area contributed by atoms with Gasteiger partial charge in [-0.2, -0.15) is 0 Å². The molecule has 1 nitrogen and oxygen atoms in total. The van der Waals surface area contributed by atoms with Gasteiger partial charge in [-0.3, -0.25) is 0 Å². The van der Waals surface area contributed by atoms with Gasteiger partial charge in [0.1, 0.15) is 5.82 Å². The molecule has 2 rings (SSSR count). The molecule has 3 heteroatoms. The maximum absolute atomic E-state index is 13.7. The van der Waals surface area contributed by atoms with Crippen molar-refractivity contribution in [2.24, 2.45) is 5.92 Å². The van der Waals surface area contributed by atoms with Crippen LogP contribution in [0.15, 0.2) is 22.7 Å². The minimum atomic E-state index is -0.126. The molecule has 0 amide bonds. The third-order valence-electron chi connectivity index (χ3n) is 2.72. The third-order valence-corrected chi connectivity index (χ3v) is 3.33. The van der Waals surface area contributed by atoms with E-state index in [2.05, 4.69) is 21.2 Å². The Morgan fingerprint density at radius 3 is 2.79 bits per heavy atom. The Balaban J connectivity index is 2.33. The van der Waals surface area contributed by atoms with Crippen molar-refractivity contribution in [2.45, 2.75) is 18.9 Å². The summed E-state index contributed by atoms with van der Waals surface area (Å²) in [6, 6.07) is 5.65. The number of hydrogen-bond acceptors (Lipinski definition) is 1. The Morgan fingerprint density at radius 2 is 2.21 bits per heavy atom. The zero-order valence-electron chi connectivity index (χ0n) is 8.06. The first kappa shape index (κ1) is 10.1. The van der Waals surface area contributed by atoms with Crippen LogP contribution >= 0.6 is 15.9 Å². The fourth-order valence-corrected chi connectivity index (χ4v) is 2.22. The van der Waals surface area contributed by atoms with Crippen molar-refractivity contribution >= 4 is 15.9 Å². The van der Waals surface area contributed by atoms with Gasteiger partial charge < -0.3 is 5.32 Å². The second kappa shape index (κ2) is 3.99. The lowest BCUT2D eigenvalue weighted by Gasteiger charge is -2.16. The molecule has 1 unspecified atom stereocenters. The van der Waals surface area contributed by atoms with Gasteiger partial charge in [0.15, 0.2) is 0 Å². The molecular formula is C11H13BrFN.